The van der Waals surface area contributed by atoms with Gasteiger partial charge in [0.25, 0.3) is 5.91 Å². The molecular formula is C26H32N4O3. The predicted molar refractivity (Wildman–Crippen MR) is 128 cm³/mol. The van der Waals surface area contributed by atoms with Crippen molar-refractivity contribution in [3.8, 4) is 11.5 Å². The van der Waals surface area contributed by atoms with E-state index in [4.69, 9.17) is 9.47 Å². The van der Waals surface area contributed by atoms with Crippen molar-refractivity contribution in [2.24, 2.45) is 0 Å². The van der Waals surface area contributed by atoms with E-state index in [1.165, 1.54) is 5.56 Å². The van der Waals surface area contributed by atoms with Gasteiger partial charge < -0.3 is 14.4 Å². The first kappa shape index (κ1) is 22.9. The van der Waals surface area contributed by atoms with Crippen molar-refractivity contribution < 1.29 is 14.3 Å². The summed E-state index contributed by atoms with van der Waals surface area (Å²) in [7, 11) is 3.35. The molecule has 7 heteroatoms. The monoisotopic (exact) mass is 448 g/mol. The minimum absolute atomic E-state index is 0.0722. The first-order valence-corrected chi connectivity index (χ1v) is 11.3. The average Bonchev–Trinajstić information content (AvgIpc) is 3.12. The maximum absolute atomic E-state index is 13.4. The zero-order valence-electron chi connectivity index (χ0n) is 19.9. The van der Waals surface area contributed by atoms with Crippen molar-refractivity contribution in [2.45, 2.75) is 26.9 Å². The van der Waals surface area contributed by atoms with Gasteiger partial charge in [-0.05, 0) is 37.6 Å². The highest BCUT2D eigenvalue weighted by molar-refractivity contribution is 5.96. The molecular weight excluding hydrogens is 416 g/mol. The van der Waals surface area contributed by atoms with Crippen LogP contribution >= 0.6 is 0 Å². The Morgan fingerprint density at radius 3 is 2.33 bits per heavy atom. The van der Waals surface area contributed by atoms with Gasteiger partial charge in [-0.15, -0.1) is 0 Å². The third-order valence-corrected chi connectivity index (χ3v) is 6.31. The Hall–Kier alpha value is -3.32. The van der Waals surface area contributed by atoms with E-state index in [-0.39, 0.29) is 5.91 Å². The summed E-state index contributed by atoms with van der Waals surface area (Å²) in [5.41, 5.74) is 4.70. The van der Waals surface area contributed by atoms with Crippen LogP contribution in [0, 0.1) is 13.8 Å². The van der Waals surface area contributed by atoms with E-state index in [1.54, 1.807) is 14.2 Å². The summed E-state index contributed by atoms with van der Waals surface area (Å²) in [6.45, 7) is 8.33. The maximum atomic E-state index is 13.4. The normalized spacial score (nSPS) is 14.4. The summed E-state index contributed by atoms with van der Waals surface area (Å²) in [5.74, 6) is 1.74. The lowest BCUT2D eigenvalue weighted by Crippen LogP contribution is -2.48. The number of methoxy groups -OCH3 is 2. The van der Waals surface area contributed by atoms with Gasteiger partial charge in [0, 0.05) is 44.0 Å². The molecule has 1 saturated heterocycles. The van der Waals surface area contributed by atoms with Crippen LogP contribution in [-0.4, -0.2) is 65.9 Å². The smallest absolute Gasteiger partial charge is 0.257 e. The molecule has 0 unspecified atom stereocenters. The number of nitrogens with zero attached hydrogens (tertiary/aromatic N) is 4. The molecule has 2 aromatic carbocycles. The lowest BCUT2D eigenvalue weighted by molar-refractivity contribution is 0.0626. The summed E-state index contributed by atoms with van der Waals surface area (Å²) in [4.78, 5) is 17.7. The fourth-order valence-electron chi connectivity index (χ4n) is 4.43. The van der Waals surface area contributed by atoms with E-state index in [0.717, 1.165) is 53.6 Å². The molecule has 174 valence electrons. The Bertz CT molecular complexity index is 1100. The summed E-state index contributed by atoms with van der Waals surface area (Å²) < 4.78 is 12.8. The minimum atomic E-state index is 0.0722. The van der Waals surface area contributed by atoms with Crippen LogP contribution in [0.4, 0.5) is 0 Å². The van der Waals surface area contributed by atoms with Gasteiger partial charge in [0.05, 0.1) is 32.0 Å². The molecule has 1 aliphatic rings. The molecule has 1 amide bonds. The van der Waals surface area contributed by atoms with Crippen LogP contribution in [0.1, 0.15) is 32.9 Å². The van der Waals surface area contributed by atoms with E-state index in [1.807, 2.05) is 59.8 Å². The van der Waals surface area contributed by atoms with Gasteiger partial charge in [-0.1, -0.05) is 30.3 Å². The lowest BCUT2D eigenvalue weighted by atomic mass is 10.1. The Morgan fingerprint density at radius 1 is 0.939 bits per heavy atom. The summed E-state index contributed by atoms with van der Waals surface area (Å²) in [6, 6.07) is 16.1. The zero-order chi connectivity index (χ0) is 23.4. The number of aromatic nitrogens is 2. The van der Waals surface area contributed by atoms with Gasteiger partial charge in [0.15, 0.2) is 0 Å². The van der Waals surface area contributed by atoms with Crippen LogP contribution in [-0.2, 0) is 13.1 Å². The molecule has 7 nitrogen and oxygen atoms in total. The van der Waals surface area contributed by atoms with Crippen molar-refractivity contribution >= 4 is 5.91 Å². The fraction of sp³-hybridized carbons (Fsp3) is 0.385. The molecule has 0 radical (unpaired) electrons. The first-order valence-electron chi connectivity index (χ1n) is 11.3. The van der Waals surface area contributed by atoms with E-state index < -0.39 is 0 Å². The topological polar surface area (TPSA) is 59.8 Å². The number of rotatable bonds is 7. The van der Waals surface area contributed by atoms with Crippen molar-refractivity contribution in [1.82, 2.24) is 19.6 Å². The van der Waals surface area contributed by atoms with Gasteiger partial charge in [-0.3, -0.25) is 14.4 Å². The number of ether oxygens (including phenoxy) is 2. The van der Waals surface area contributed by atoms with Gasteiger partial charge in [-0.2, -0.15) is 5.10 Å². The Morgan fingerprint density at radius 2 is 1.67 bits per heavy atom. The number of piperazine rings is 1. The standard InChI is InChI=1S/C26H32N4O3/c1-19-25(20(2)30(27-19)17-21-8-6-5-7-9-21)26(31)29-14-12-28(13-15-29)18-22-16-23(32-3)10-11-24(22)33-4/h5-11,16H,12-15,17-18H2,1-4H3. The molecule has 1 aromatic heterocycles. The maximum Gasteiger partial charge on any atom is 0.257 e. The fourth-order valence-corrected chi connectivity index (χ4v) is 4.43. The number of carbonyl (C=O) groups is 1. The Labute approximate surface area is 195 Å². The quantitative estimate of drug-likeness (QED) is 0.554. The SMILES string of the molecule is COc1ccc(OC)c(CN2CCN(C(=O)c3c(C)nn(Cc4ccccc4)c3C)CC2)c1. The van der Waals surface area contributed by atoms with E-state index >= 15 is 0 Å². The molecule has 1 fully saturated rings. The predicted octanol–water partition coefficient (Wildman–Crippen LogP) is 3.52. The first-order chi connectivity index (χ1) is 16.0. The van der Waals surface area contributed by atoms with Gasteiger partial charge in [0.1, 0.15) is 11.5 Å². The second-order valence-corrected chi connectivity index (χ2v) is 8.44. The van der Waals surface area contributed by atoms with E-state index in [0.29, 0.717) is 19.6 Å². The number of benzene rings is 2. The highest BCUT2D eigenvalue weighted by Crippen LogP contribution is 2.26. The van der Waals surface area contributed by atoms with Gasteiger partial charge in [-0.25, -0.2) is 0 Å². The lowest BCUT2D eigenvalue weighted by Gasteiger charge is -2.35. The highest BCUT2D eigenvalue weighted by Gasteiger charge is 2.27. The van der Waals surface area contributed by atoms with Crippen molar-refractivity contribution in [3.05, 3.63) is 76.6 Å². The molecule has 0 saturated carbocycles. The van der Waals surface area contributed by atoms with Crippen LogP contribution in [0.2, 0.25) is 0 Å². The number of aryl methyl sites for hydroxylation is 1. The van der Waals surface area contributed by atoms with Crippen LogP contribution in [0.25, 0.3) is 0 Å². The summed E-state index contributed by atoms with van der Waals surface area (Å²) >= 11 is 0. The number of amides is 1. The Balaban J connectivity index is 1.41. The van der Waals surface area contributed by atoms with Gasteiger partial charge >= 0.3 is 0 Å². The van der Waals surface area contributed by atoms with Crippen LogP contribution in [0.3, 0.4) is 0 Å². The molecule has 3 aromatic rings. The minimum Gasteiger partial charge on any atom is -0.497 e. The average molecular weight is 449 g/mol. The van der Waals surface area contributed by atoms with Crippen LogP contribution in [0.15, 0.2) is 48.5 Å². The molecule has 2 heterocycles. The van der Waals surface area contributed by atoms with E-state index in [2.05, 4.69) is 22.1 Å². The van der Waals surface area contributed by atoms with Gasteiger partial charge in [0.2, 0.25) is 0 Å². The molecule has 33 heavy (non-hydrogen) atoms. The third-order valence-electron chi connectivity index (χ3n) is 6.31. The zero-order valence-corrected chi connectivity index (χ0v) is 19.9. The summed E-state index contributed by atoms with van der Waals surface area (Å²) in [5, 5.41) is 4.66. The third kappa shape index (κ3) is 5.03. The molecule has 0 spiro atoms. The second-order valence-electron chi connectivity index (χ2n) is 8.44. The van der Waals surface area contributed by atoms with Crippen LogP contribution in [0.5, 0.6) is 11.5 Å². The van der Waals surface area contributed by atoms with E-state index in [9.17, 15) is 4.79 Å². The molecule has 1 aliphatic heterocycles. The largest absolute Gasteiger partial charge is 0.497 e. The summed E-state index contributed by atoms with van der Waals surface area (Å²) in [6.07, 6.45) is 0. The van der Waals surface area contributed by atoms with Crippen molar-refractivity contribution in [1.29, 1.82) is 0 Å². The number of hydrogen-bond donors (Lipinski definition) is 0. The molecule has 0 N–H and O–H groups in total. The number of carbonyl (C=O) groups excluding carboxylic acids is 1. The number of hydrogen-bond acceptors (Lipinski definition) is 5. The van der Waals surface area contributed by atoms with Crippen molar-refractivity contribution in [3.63, 3.8) is 0 Å². The van der Waals surface area contributed by atoms with Crippen molar-refractivity contribution in [2.75, 3.05) is 40.4 Å². The molecule has 0 aliphatic carbocycles. The molecule has 4 rings (SSSR count). The van der Waals surface area contributed by atoms with Crippen LogP contribution < -0.4 is 9.47 Å². The molecule has 0 atom stereocenters. The molecule has 0 bridgehead atoms. The second kappa shape index (κ2) is 10.1. The highest BCUT2D eigenvalue weighted by atomic mass is 16.5. The Kier molecular flexibility index (Phi) is 6.99.